The average Bonchev–Trinajstić information content (AvgIpc) is 2.93. The highest BCUT2D eigenvalue weighted by atomic mass is 16.6. The van der Waals surface area contributed by atoms with Gasteiger partial charge >= 0.3 is 5.97 Å². The van der Waals surface area contributed by atoms with E-state index in [1.807, 2.05) is 6.07 Å². The molecule has 1 N–H and O–H groups in total. The predicted octanol–water partition coefficient (Wildman–Crippen LogP) is 3.01. The maximum absolute atomic E-state index is 14.4. The lowest BCUT2D eigenvalue weighted by Gasteiger charge is -2.47. The number of benzene rings is 2. The molecular formula is C31H39N3O7. The normalized spacial score (nSPS) is 16.9. The van der Waals surface area contributed by atoms with Crippen molar-refractivity contribution < 1.29 is 33.8 Å². The summed E-state index contributed by atoms with van der Waals surface area (Å²) in [6.45, 7) is 7.92. The van der Waals surface area contributed by atoms with Crippen molar-refractivity contribution in [2.75, 3.05) is 13.7 Å². The maximum atomic E-state index is 14.4. The first-order valence-electron chi connectivity index (χ1n) is 13.6. The number of ether oxygens (including phenoxy) is 2. The number of hydrazine groups is 1. The molecular weight excluding hydrogens is 526 g/mol. The van der Waals surface area contributed by atoms with Crippen LogP contribution in [0.4, 0.5) is 0 Å². The molecule has 3 atom stereocenters. The number of aliphatic hydroxyl groups excluding tert-OH is 1. The fourth-order valence-electron chi connectivity index (χ4n) is 4.86. The van der Waals surface area contributed by atoms with Gasteiger partial charge in [-0.3, -0.25) is 14.4 Å². The van der Waals surface area contributed by atoms with Crippen molar-refractivity contribution >= 4 is 29.4 Å². The van der Waals surface area contributed by atoms with Gasteiger partial charge in [-0.1, -0.05) is 74.5 Å². The van der Waals surface area contributed by atoms with Crippen LogP contribution in [0.25, 0.3) is 5.70 Å². The summed E-state index contributed by atoms with van der Waals surface area (Å²) in [6, 6.07) is 15.7. The first-order chi connectivity index (χ1) is 19.5. The first kappa shape index (κ1) is 31.5. The van der Waals surface area contributed by atoms with Crippen LogP contribution in [0.3, 0.4) is 0 Å². The Morgan fingerprint density at radius 2 is 1.56 bits per heavy atom. The van der Waals surface area contributed by atoms with E-state index in [0.717, 1.165) is 10.6 Å². The van der Waals surface area contributed by atoms with Crippen molar-refractivity contribution in [2.45, 2.75) is 65.3 Å². The number of rotatable bonds is 11. The van der Waals surface area contributed by atoms with Crippen LogP contribution in [-0.2, 0) is 35.1 Å². The molecule has 3 rings (SSSR count). The minimum Gasteiger partial charge on any atom is -0.461 e. The molecule has 2 aromatic rings. The Bertz CT molecular complexity index is 1250. The van der Waals surface area contributed by atoms with Gasteiger partial charge in [-0.15, -0.1) is 0 Å². The van der Waals surface area contributed by atoms with Gasteiger partial charge in [0, 0.05) is 25.8 Å². The van der Waals surface area contributed by atoms with E-state index in [4.69, 9.17) is 9.47 Å². The fraction of sp³-hybridized carbons (Fsp3) is 0.419. The van der Waals surface area contributed by atoms with Gasteiger partial charge in [0.1, 0.15) is 12.6 Å². The second-order valence-electron chi connectivity index (χ2n) is 10.5. The standard InChI is InChI=1S/C31H39N3O7/c1-20(2)28-30(38)34(26(24-15-11-8-12-16-24)18-32(28)27(36)19-40-6)33(22(5)35)25(17-23-13-9-7-10-14-23)29(37)31(39)41-21(3)4/h7-16,18,20-21,25,28-29,37H,17,19H2,1-6H3/t25-,28+,29?/m0/s1. The summed E-state index contributed by atoms with van der Waals surface area (Å²) in [5, 5.41) is 13.7. The molecule has 0 saturated heterocycles. The topological polar surface area (TPSA) is 117 Å². The zero-order chi connectivity index (χ0) is 30.3. The summed E-state index contributed by atoms with van der Waals surface area (Å²) in [7, 11) is 1.39. The number of nitrogens with zero attached hydrogens (tertiary/aromatic N) is 3. The Balaban J connectivity index is 2.25. The first-order valence-corrected chi connectivity index (χ1v) is 13.6. The average molecular weight is 566 g/mol. The summed E-state index contributed by atoms with van der Waals surface area (Å²) < 4.78 is 10.4. The third-order valence-electron chi connectivity index (χ3n) is 6.61. The lowest BCUT2D eigenvalue weighted by molar-refractivity contribution is -0.178. The van der Waals surface area contributed by atoms with Crippen LogP contribution in [0, 0.1) is 5.92 Å². The van der Waals surface area contributed by atoms with E-state index >= 15 is 0 Å². The molecule has 10 heteroatoms. The van der Waals surface area contributed by atoms with Crippen molar-refractivity contribution in [3.05, 3.63) is 78.0 Å². The van der Waals surface area contributed by atoms with E-state index < -0.39 is 48.0 Å². The van der Waals surface area contributed by atoms with Gasteiger partial charge in [0.25, 0.3) is 11.8 Å². The van der Waals surface area contributed by atoms with Crippen LogP contribution in [-0.4, -0.2) is 81.7 Å². The summed E-state index contributed by atoms with van der Waals surface area (Å²) in [5.41, 5.74) is 1.50. The van der Waals surface area contributed by atoms with Crippen molar-refractivity contribution in [3.63, 3.8) is 0 Å². The summed E-state index contributed by atoms with van der Waals surface area (Å²) in [5.74, 6) is -2.85. The lowest BCUT2D eigenvalue weighted by Crippen LogP contribution is -2.65. The number of amides is 3. The van der Waals surface area contributed by atoms with Gasteiger partial charge in [0.15, 0.2) is 6.10 Å². The van der Waals surface area contributed by atoms with Crippen LogP contribution >= 0.6 is 0 Å². The molecule has 2 aromatic carbocycles. The number of esters is 1. The van der Waals surface area contributed by atoms with E-state index in [9.17, 15) is 24.3 Å². The number of aliphatic hydroxyl groups is 1. The third-order valence-corrected chi connectivity index (χ3v) is 6.61. The molecule has 3 amide bonds. The second-order valence-corrected chi connectivity index (χ2v) is 10.5. The number of carbonyl (C=O) groups is 4. The van der Waals surface area contributed by atoms with Crippen LogP contribution in [0.2, 0.25) is 0 Å². The molecule has 0 radical (unpaired) electrons. The Hall–Kier alpha value is -4.02. The highest BCUT2D eigenvalue weighted by Crippen LogP contribution is 2.33. The fourth-order valence-corrected chi connectivity index (χ4v) is 4.86. The van der Waals surface area contributed by atoms with Gasteiger partial charge in [-0.2, -0.15) is 0 Å². The predicted molar refractivity (Wildman–Crippen MR) is 152 cm³/mol. The molecule has 0 fully saturated rings. The maximum Gasteiger partial charge on any atom is 0.337 e. The van der Waals surface area contributed by atoms with E-state index in [1.54, 1.807) is 82.3 Å². The summed E-state index contributed by atoms with van der Waals surface area (Å²) in [4.78, 5) is 55.4. The summed E-state index contributed by atoms with van der Waals surface area (Å²) >= 11 is 0. The zero-order valence-electron chi connectivity index (χ0n) is 24.4. The Labute approximate surface area is 241 Å². The minimum atomic E-state index is -1.78. The van der Waals surface area contributed by atoms with E-state index in [2.05, 4.69) is 0 Å². The highest BCUT2D eigenvalue weighted by Gasteiger charge is 2.47. The van der Waals surface area contributed by atoms with Crippen LogP contribution in [0.15, 0.2) is 66.9 Å². The molecule has 0 spiro atoms. The van der Waals surface area contributed by atoms with Crippen LogP contribution in [0.5, 0.6) is 0 Å². The number of hydrogen-bond acceptors (Lipinski definition) is 7. The molecule has 1 aliphatic rings. The lowest BCUT2D eigenvalue weighted by atomic mass is 9.96. The van der Waals surface area contributed by atoms with Gasteiger partial charge in [-0.25, -0.2) is 14.8 Å². The number of methoxy groups -OCH3 is 1. The monoisotopic (exact) mass is 565 g/mol. The number of carbonyl (C=O) groups excluding carboxylic acids is 4. The molecule has 0 bridgehead atoms. The van der Waals surface area contributed by atoms with Crippen LogP contribution < -0.4 is 0 Å². The van der Waals surface area contributed by atoms with Gasteiger partial charge in [-0.05, 0) is 31.7 Å². The van der Waals surface area contributed by atoms with Crippen molar-refractivity contribution in [3.8, 4) is 0 Å². The quantitative estimate of drug-likeness (QED) is 0.417. The van der Waals surface area contributed by atoms with Crippen molar-refractivity contribution in [1.29, 1.82) is 0 Å². The molecule has 10 nitrogen and oxygen atoms in total. The molecule has 0 aliphatic carbocycles. The van der Waals surface area contributed by atoms with E-state index in [1.165, 1.54) is 30.1 Å². The summed E-state index contributed by atoms with van der Waals surface area (Å²) in [6.07, 6.45) is -0.726. The molecule has 1 unspecified atom stereocenters. The molecule has 0 aromatic heterocycles. The van der Waals surface area contributed by atoms with Crippen molar-refractivity contribution in [2.24, 2.45) is 5.92 Å². The van der Waals surface area contributed by atoms with Gasteiger partial charge < -0.3 is 19.5 Å². The van der Waals surface area contributed by atoms with Crippen LogP contribution in [0.1, 0.15) is 45.7 Å². The molecule has 41 heavy (non-hydrogen) atoms. The molecule has 0 saturated carbocycles. The zero-order valence-corrected chi connectivity index (χ0v) is 24.4. The molecule has 220 valence electrons. The SMILES string of the molecule is COCC(=O)N1C=C(c2ccccc2)N(N(C(C)=O)[C@@H](Cc2ccccc2)C(O)C(=O)OC(C)C)C(=O)[C@H]1C(C)C. The Morgan fingerprint density at radius 1 is 0.976 bits per heavy atom. The van der Waals surface area contributed by atoms with Gasteiger partial charge in [0.2, 0.25) is 5.91 Å². The Morgan fingerprint density at radius 3 is 2.07 bits per heavy atom. The smallest absolute Gasteiger partial charge is 0.337 e. The van der Waals surface area contributed by atoms with Gasteiger partial charge in [0.05, 0.1) is 17.8 Å². The third kappa shape index (κ3) is 7.39. The van der Waals surface area contributed by atoms with Crippen molar-refractivity contribution in [1.82, 2.24) is 14.9 Å². The molecule has 1 heterocycles. The number of hydrogen-bond donors (Lipinski definition) is 1. The largest absolute Gasteiger partial charge is 0.461 e. The molecule has 1 aliphatic heterocycles. The van der Waals surface area contributed by atoms with E-state index in [0.29, 0.717) is 5.56 Å². The Kier molecular flexibility index (Phi) is 10.8. The minimum absolute atomic E-state index is 0.0410. The van der Waals surface area contributed by atoms with E-state index in [-0.39, 0.29) is 24.6 Å². The highest BCUT2D eigenvalue weighted by molar-refractivity contribution is 5.98. The second kappa shape index (κ2) is 14.0.